The molecule has 4 aromatic rings. The summed E-state index contributed by atoms with van der Waals surface area (Å²) < 4.78 is 34.8. The minimum atomic E-state index is -3.47. The molecule has 0 fully saturated rings. The number of anilines is 1. The molecular weight excluding hydrogens is 400 g/mol. The fourth-order valence-electron chi connectivity index (χ4n) is 3.66. The normalized spacial score (nSPS) is 11.9. The maximum atomic E-state index is 12.4. The molecule has 0 amide bonds. The minimum Gasteiger partial charge on any atom is -0.361 e. The molecule has 1 N–H and O–H groups in total. The summed E-state index contributed by atoms with van der Waals surface area (Å²) in [4.78, 5) is 4.69. The third kappa shape index (κ3) is 3.70. The second kappa shape index (κ2) is 7.60. The quantitative estimate of drug-likeness (QED) is 0.495. The van der Waals surface area contributed by atoms with Gasteiger partial charge in [-0.3, -0.25) is 4.72 Å². The summed E-state index contributed by atoms with van der Waals surface area (Å²) in [5, 5.41) is 4.05. The van der Waals surface area contributed by atoms with Crippen molar-refractivity contribution in [3.8, 4) is 11.1 Å². The number of aromatic nitrogens is 3. The Morgan fingerprint density at radius 2 is 1.83 bits per heavy atom. The van der Waals surface area contributed by atoms with E-state index in [2.05, 4.69) is 26.6 Å². The lowest BCUT2D eigenvalue weighted by molar-refractivity contribution is 0.393. The van der Waals surface area contributed by atoms with Crippen LogP contribution in [-0.4, -0.2) is 28.9 Å². The van der Waals surface area contributed by atoms with Crippen LogP contribution in [0.4, 0.5) is 5.69 Å². The van der Waals surface area contributed by atoms with E-state index in [0.29, 0.717) is 23.5 Å². The van der Waals surface area contributed by atoms with Crippen molar-refractivity contribution in [3.05, 3.63) is 65.3 Å². The number of hydrogen-bond acceptors (Lipinski definition) is 5. The van der Waals surface area contributed by atoms with Crippen LogP contribution in [0.2, 0.25) is 0 Å². The molecule has 0 saturated heterocycles. The van der Waals surface area contributed by atoms with E-state index in [1.165, 1.54) is 0 Å². The Kier molecular flexibility index (Phi) is 5.11. The zero-order chi connectivity index (χ0) is 21.5. The highest BCUT2D eigenvalue weighted by molar-refractivity contribution is 7.92. The predicted molar refractivity (Wildman–Crippen MR) is 118 cm³/mol. The molecule has 0 aliphatic heterocycles. The number of fused-ring (bicyclic) bond motifs is 1. The van der Waals surface area contributed by atoms with Crippen LogP contribution >= 0.6 is 0 Å². The molecular formula is C22H24N4O3S. The van der Waals surface area contributed by atoms with Crippen molar-refractivity contribution in [3.63, 3.8) is 0 Å². The highest BCUT2D eigenvalue weighted by atomic mass is 32.2. The Morgan fingerprint density at radius 1 is 1.10 bits per heavy atom. The van der Waals surface area contributed by atoms with Gasteiger partial charge in [0.1, 0.15) is 17.1 Å². The Hall–Kier alpha value is -3.13. The van der Waals surface area contributed by atoms with Gasteiger partial charge in [0.2, 0.25) is 10.0 Å². The Balaban J connectivity index is 1.96. The van der Waals surface area contributed by atoms with Crippen LogP contribution in [0.25, 0.3) is 22.2 Å². The lowest BCUT2D eigenvalue weighted by Gasteiger charge is -2.12. The highest BCUT2D eigenvalue weighted by Gasteiger charge is 2.20. The first kappa shape index (κ1) is 20.2. The van der Waals surface area contributed by atoms with E-state index in [1.54, 1.807) is 13.0 Å². The van der Waals surface area contributed by atoms with Crippen LogP contribution in [0.1, 0.15) is 29.8 Å². The molecule has 7 nitrogen and oxygen atoms in total. The first-order valence-corrected chi connectivity index (χ1v) is 11.4. The molecule has 0 unspecified atom stereocenters. The summed E-state index contributed by atoms with van der Waals surface area (Å²) in [6, 6.07) is 13.9. The van der Waals surface area contributed by atoms with E-state index in [0.717, 1.165) is 33.7 Å². The third-order valence-electron chi connectivity index (χ3n) is 5.20. The number of imidazole rings is 1. The van der Waals surface area contributed by atoms with Gasteiger partial charge in [-0.15, -0.1) is 0 Å². The van der Waals surface area contributed by atoms with Crippen LogP contribution in [0, 0.1) is 20.8 Å². The molecule has 2 aromatic carbocycles. The topological polar surface area (TPSA) is 90.0 Å². The molecule has 0 spiro atoms. The highest BCUT2D eigenvalue weighted by Crippen LogP contribution is 2.35. The summed E-state index contributed by atoms with van der Waals surface area (Å²) in [5.74, 6) is 1.47. The van der Waals surface area contributed by atoms with Crippen LogP contribution < -0.4 is 4.72 Å². The first-order valence-electron chi connectivity index (χ1n) is 9.77. The molecule has 2 aromatic heterocycles. The van der Waals surface area contributed by atoms with Crippen LogP contribution in [-0.2, 0) is 16.6 Å². The molecule has 2 heterocycles. The number of hydrogen-bond donors (Lipinski definition) is 1. The number of benzene rings is 2. The largest absolute Gasteiger partial charge is 0.361 e. The van der Waals surface area contributed by atoms with E-state index < -0.39 is 10.0 Å². The number of sulfonamides is 1. The summed E-state index contributed by atoms with van der Waals surface area (Å²) >= 11 is 0. The van der Waals surface area contributed by atoms with Crippen molar-refractivity contribution in [2.75, 3.05) is 10.5 Å². The minimum absolute atomic E-state index is 0.0201. The zero-order valence-electron chi connectivity index (χ0n) is 17.4. The molecule has 0 saturated carbocycles. The summed E-state index contributed by atoms with van der Waals surface area (Å²) in [7, 11) is -3.47. The Morgan fingerprint density at radius 3 is 2.47 bits per heavy atom. The molecule has 0 aliphatic carbocycles. The smallest absolute Gasteiger partial charge is 0.232 e. The molecule has 30 heavy (non-hydrogen) atoms. The van der Waals surface area contributed by atoms with E-state index in [1.807, 2.05) is 45.0 Å². The van der Waals surface area contributed by atoms with E-state index >= 15 is 0 Å². The Labute approximate surface area is 175 Å². The van der Waals surface area contributed by atoms with Gasteiger partial charge in [0.15, 0.2) is 0 Å². The van der Waals surface area contributed by atoms with Crippen molar-refractivity contribution in [2.45, 2.75) is 34.2 Å². The standard InChI is InChI=1S/C22H24N4O3S/c1-5-30(27,28)25-19-11-18(21-14(2)24-29-15(21)3)12-20-22(19)23-16(4)26(20)13-17-9-7-6-8-10-17/h6-12,25H,5,13H2,1-4H3. The van der Waals surface area contributed by atoms with Gasteiger partial charge in [-0.05, 0) is 51.0 Å². The first-order chi connectivity index (χ1) is 14.3. The summed E-state index contributed by atoms with van der Waals surface area (Å²) in [5.41, 5.74) is 5.51. The van der Waals surface area contributed by atoms with Gasteiger partial charge in [-0.2, -0.15) is 0 Å². The second-order valence-electron chi connectivity index (χ2n) is 7.33. The van der Waals surface area contributed by atoms with Gasteiger partial charge >= 0.3 is 0 Å². The van der Waals surface area contributed by atoms with Gasteiger partial charge in [0.25, 0.3) is 0 Å². The molecule has 156 valence electrons. The van der Waals surface area contributed by atoms with Crippen LogP contribution in [0.5, 0.6) is 0 Å². The summed E-state index contributed by atoms with van der Waals surface area (Å²) in [6.45, 7) is 7.89. The lowest BCUT2D eigenvalue weighted by Crippen LogP contribution is -2.15. The maximum Gasteiger partial charge on any atom is 0.232 e. The number of rotatable bonds is 6. The van der Waals surface area contributed by atoms with Crippen molar-refractivity contribution in [1.82, 2.24) is 14.7 Å². The number of nitrogens with zero attached hydrogens (tertiary/aromatic N) is 3. The molecule has 4 rings (SSSR count). The second-order valence-corrected chi connectivity index (χ2v) is 9.34. The molecule has 0 aliphatic rings. The fraction of sp³-hybridized carbons (Fsp3) is 0.273. The van der Waals surface area contributed by atoms with Crippen molar-refractivity contribution in [1.29, 1.82) is 0 Å². The average molecular weight is 425 g/mol. The third-order valence-corrected chi connectivity index (χ3v) is 6.49. The van der Waals surface area contributed by atoms with E-state index in [9.17, 15) is 8.42 Å². The van der Waals surface area contributed by atoms with Crippen molar-refractivity contribution < 1.29 is 12.9 Å². The van der Waals surface area contributed by atoms with Crippen molar-refractivity contribution >= 4 is 26.7 Å². The lowest BCUT2D eigenvalue weighted by atomic mass is 10.0. The zero-order valence-corrected chi connectivity index (χ0v) is 18.2. The van der Waals surface area contributed by atoms with Gasteiger partial charge in [-0.25, -0.2) is 13.4 Å². The van der Waals surface area contributed by atoms with Crippen molar-refractivity contribution in [2.24, 2.45) is 0 Å². The van der Waals surface area contributed by atoms with Crippen LogP contribution in [0.3, 0.4) is 0 Å². The molecule has 8 heteroatoms. The van der Waals surface area contributed by atoms with Gasteiger partial charge in [0, 0.05) is 12.1 Å². The van der Waals surface area contributed by atoms with Crippen LogP contribution in [0.15, 0.2) is 47.0 Å². The average Bonchev–Trinajstić information content (AvgIpc) is 3.21. The monoisotopic (exact) mass is 424 g/mol. The fourth-order valence-corrected chi connectivity index (χ4v) is 4.30. The molecule has 0 bridgehead atoms. The number of nitrogens with one attached hydrogen (secondary N) is 1. The molecule has 0 atom stereocenters. The van der Waals surface area contributed by atoms with Gasteiger partial charge < -0.3 is 9.09 Å². The predicted octanol–water partition coefficient (Wildman–Crippen LogP) is 4.43. The number of aryl methyl sites for hydroxylation is 3. The van der Waals surface area contributed by atoms with Gasteiger partial charge in [-0.1, -0.05) is 35.5 Å². The summed E-state index contributed by atoms with van der Waals surface area (Å²) in [6.07, 6.45) is 0. The maximum absolute atomic E-state index is 12.4. The van der Waals surface area contributed by atoms with E-state index in [4.69, 9.17) is 9.51 Å². The van der Waals surface area contributed by atoms with E-state index in [-0.39, 0.29) is 5.75 Å². The molecule has 0 radical (unpaired) electrons. The Bertz CT molecular complexity index is 1300. The SMILES string of the molecule is CCS(=O)(=O)Nc1cc(-c2c(C)noc2C)cc2c1nc(C)n2Cc1ccccc1. The van der Waals surface area contributed by atoms with Gasteiger partial charge in [0.05, 0.1) is 22.7 Å².